The Bertz CT molecular complexity index is 522. The summed E-state index contributed by atoms with van der Waals surface area (Å²) in [6.07, 6.45) is 7.33. The van der Waals surface area contributed by atoms with Gasteiger partial charge in [0.25, 0.3) is 0 Å². The molecule has 2 rings (SSSR count). The van der Waals surface area contributed by atoms with Gasteiger partial charge in [0.05, 0.1) is 0 Å². The van der Waals surface area contributed by atoms with Crippen LogP contribution in [0.3, 0.4) is 0 Å². The van der Waals surface area contributed by atoms with E-state index in [0.29, 0.717) is 11.6 Å². The summed E-state index contributed by atoms with van der Waals surface area (Å²) in [5.41, 5.74) is 1.35. The second-order valence-corrected chi connectivity index (χ2v) is 5.53. The molecule has 3 nitrogen and oxygen atoms in total. The van der Waals surface area contributed by atoms with Gasteiger partial charge >= 0.3 is 5.97 Å². The summed E-state index contributed by atoms with van der Waals surface area (Å²) in [4.78, 5) is 13.0. The van der Waals surface area contributed by atoms with Gasteiger partial charge in [0.2, 0.25) is 0 Å². The molecule has 1 aliphatic carbocycles. The Hall–Kier alpha value is -1.68. The molecule has 0 heterocycles. The van der Waals surface area contributed by atoms with Gasteiger partial charge in [0, 0.05) is 24.2 Å². The summed E-state index contributed by atoms with van der Waals surface area (Å²) in [6, 6.07) is 5.56. The predicted molar refractivity (Wildman–Crippen MR) is 81.4 cm³/mol. The number of hydrogen-bond acceptors (Lipinski definition) is 2. The molecule has 0 aromatic heterocycles. The molecule has 0 saturated heterocycles. The molecular formula is C17H22FNO2. The van der Waals surface area contributed by atoms with Crippen LogP contribution in [0, 0.1) is 5.82 Å². The van der Waals surface area contributed by atoms with E-state index in [1.165, 1.54) is 37.8 Å². The highest BCUT2D eigenvalue weighted by atomic mass is 19.1. The zero-order valence-electron chi connectivity index (χ0n) is 12.4. The molecule has 1 N–H and O–H groups in total. The molecule has 1 aromatic carbocycles. The van der Waals surface area contributed by atoms with Gasteiger partial charge in [-0.25, -0.2) is 9.18 Å². The largest absolute Gasteiger partial charge is 0.478 e. The summed E-state index contributed by atoms with van der Waals surface area (Å²) < 4.78 is 13.7. The van der Waals surface area contributed by atoms with Gasteiger partial charge in [-0.15, -0.1) is 0 Å². The van der Waals surface area contributed by atoms with Crippen molar-refractivity contribution < 1.29 is 14.3 Å². The number of rotatable bonds is 6. The lowest BCUT2D eigenvalue weighted by atomic mass is 10.1. The van der Waals surface area contributed by atoms with Crippen molar-refractivity contribution in [2.45, 2.75) is 45.2 Å². The Morgan fingerprint density at radius 1 is 1.43 bits per heavy atom. The molecule has 0 aliphatic heterocycles. The predicted octanol–water partition coefficient (Wildman–Crippen LogP) is 3.69. The fraction of sp³-hybridized carbons (Fsp3) is 0.471. The molecule has 114 valence electrons. The molecule has 0 amide bonds. The van der Waals surface area contributed by atoms with Gasteiger partial charge in [0.1, 0.15) is 5.82 Å². The molecule has 4 heteroatoms. The third-order valence-electron chi connectivity index (χ3n) is 4.10. The summed E-state index contributed by atoms with van der Waals surface area (Å²) in [6.45, 7) is 3.91. The summed E-state index contributed by atoms with van der Waals surface area (Å²) in [5, 5.41) is 8.64. The van der Waals surface area contributed by atoms with Crippen molar-refractivity contribution in [3.63, 3.8) is 0 Å². The maximum Gasteiger partial charge on any atom is 0.328 e. The monoisotopic (exact) mass is 291 g/mol. The normalized spacial score (nSPS) is 16.1. The molecule has 0 unspecified atom stereocenters. The summed E-state index contributed by atoms with van der Waals surface area (Å²) in [7, 11) is 0. The second-order valence-electron chi connectivity index (χ2n) is 5.53. The third kappa shape index (κ3) is 4.39. The molecule has 1 aromatic rings. The van der Waals surface area contributed by atoms with Gasteiger partial charge in [-0.1, -0.05) is 25.8 Å². The molecule has 1 aliphatic rings. The number of hydrogen-bond donors (Lipinski definition) is 1. The van der Waals surface area contributed by atoms with Crippen molar-refractivity contribution in [2.75, 3.05) is 6.54 Å². The number of carboxylic acids is 1. The van der Waals surface area contributed by atoms with Crippen LogP contribution in [-0.2, 0) is 11.3 Å². The lowest BCUT2D eigenvalue weighted by Gasteiger charge is -2.27. The van der Waals surface area contributed by atoms with E-state index in [1.54, 1.807) is 12.1 Å². The lowest BCUT2D eigenvalue weighted by molar-refractivity contribution is -0.131. The minimum atomic E-state index is -1.07. The highest BCUT2D eigenvalue weighted by Crippen LogP contribution is 2.25. The first kappa shape index (κ1) is 15.7. The number of halogens is 1. The minimum Gasteiger partial charge on any atom is -0.478 e. The van der Waals surface area contributed by atoms with Crippen molar-refractivity contribution in [1.82, 2.24) is 4.90 Å². The van der Waals surface area contributed by atoms with Crippen molar-refractivity contribution in [3.8, 4) is 0 Å². The van der Waals surface area contributed by atoms with E-state index in [1.807, 2.05) is 0 Å². The van der Waals surface area contributed by atoms with E-state index in [4.69, 9.17) is 5.11 Å². The first-order valence-corrected chi connectivity index (χ1v) is 7.53. The smallest absolute Gasteiger partial charge is 0.328 e. The lowest BCUT2D eigenvalue weighted by Crippen LogP contribution is -2.32. The topological polar surface area (TPSA) is 40.5 Å². The van der Waals surface area contributed by atoms with E-state index in [-0.39, 0.29) is 5.82 Å². The average Bonchev–Trinajstić information content (AvgIpc) is 2.98. The van der Waals surface area contributed by atoms with E-state index in [0.717, 1.165) is 24.7 Å². The highest BCUT2D eigenvalue weighted by molar-refractivity contribution is 5.85. The Kier molecular flexibility index (Phi) is 5.51. The van der Waals surface area contributed by atoms with Crippen LogP contribution in [-0.4, -0.2) is 28.6 Å². The zero-order valence-corrected chi connectivity index (χ0v) is 12.4. The standard InChI is InChI=1S/C17H22FNO2/c1-2-19(15-5-3-4-6-15)12-13-7-9-16(18)14(11-13)8-10-17(20)21/h7-11,15H,2-6,12H2,1H3,(H,20,21). The van der Waals surface area contributed by atoms with Crippen LogP contribution in [0.15, 0.2) is 24.3 Å². The van der Waals surface area contributed by atoms with Gasteiger partial charge in [-0.2, -0.15) is 0 Å². The number of benzene rings is 1. The fourth-order valence-corrected chi connectivity index (χ4v) is 2.98. The number of aliphatic carboxylic acids is 1. The average molecular weight is 291 g/mol. The Balaban J connectivity index is 2.12. The van der Waals surface area contributed by atoms with Crippen LogP contribution >= 0.6 is 0 Å². The van der Waals surface area contributed by atoms with Gasteiger partial charge in [-0.3, -0.25) is 4.90 Å². The van der Waals surface area contributed by atoms with Crippen LogP contribution < -0.4 is 0 Å². The first-order chi connectivity index (χ1) is 10.1. The van der Waals surface area contributed by atoms with Gasteiger partial charge in [-0.05, 0) is 43.2 Å². The highest BCUT2D eigenvalue weighted by Gasteiger charge is 2.21. The third-order valence-corrected chi connectivity index (χ3v) is 4.10. The number of nitrogens with zero attached hydrogens (tertiary/aromatic N) is 1. The molecule has 0 atom stereocenters. The van der Waals surface area contributed by atoms with Crippen molar-refractivity contribution in [1.29, 1.82) is 0 Å². The number of carboxylic acid groups (broad SMARTS) is 1. The minimum absolute atomic E-state index is 0.331. The van der Waals surface area contributed by atoms with E-state index in [2.05, 4.69) is 11.8 Å². The Labute approximate surface area is 125 Å². The van der Waals surface area contributed by atoms with Gasteiger partial charge < -0.3 is 5.11 Å². The SMILES string of the molecule is CCN(Cc1ccc(F)c(C=CC(=O)O)c1)C1CCCC1. The number of carbonyl (C=O) groups is 1. The first-order valence-electron chi connectivity index (χ1n) is 7.53. The molecule has 21 heavy (non-hydrogen) atoms. The molecule has 0 radical (unpaired) electrons. The van der Waals surface area contributed by atoms with E-state index >= 15 is 0 Å². The van der Waals surface area contributed by atoms with Crippen molar-refractivity contribution in [2.24, 2.45) is 0 Å². The molecular weight excluding hydrogens is 269 g/mol. The van der Waals surface area contributed by atoms with Crippen LogP contribution in [0.5, 0.6) is 0 Å². The molecule has 0 spiro atoms. The Morgan fingerprint density at radius 3 is 2.76 bits per heavy atom. The Morgan fingerprint density at radius 2 is 2.14 bits per heavy atom. The molecule has 1 saturated carbocycles. The fourth-order valence-electron chi connectivity index (χ4n) is 2.98. The van der Waals surface area contributed by atoms with Crippen molar-refractivity contribution >= 4 is 12.0 Å². The molecule has 0 bridgehead atoms. The van der Waals surface area contributed by atoms with Gasteiger partial charge in [0.15, 0.2) is 0 Å². The van der Waals surface area contributed by atoms with E-state index in [9.17, 15) is 9.18 Å². The van der Waals surface area contributed by atoms with Crippen LogP contribution in [0.2, 0.25) is 0 Å². The maximum absolute atomic E-state index is 13.7. The molecule has 1 fully saturated rings. The van der Waals surface area contributed by atoms with Crippen LogP contribution in [0.1, 0.15) is 43.7 Å². The van der Waals surface area contributed by atoms with Crippen LogP contribution in [0.25, 0.3) is 6.08 Å². The summed E-state index contributed by atoms with van der Waals surface area (Å²) >= 11 is 0. The summed E-state index contributed by atoms with van der Waals surface area (Å²) in [5.74, 6) is -1.46. The zero-order chi connectivity index (χ0) is 15.2. The quantitative estimate of drug-likeness (QED) is 0.813. The maximum atomic E-state index is 13.7. The van der Waals surface area contributed by atoms with Crippen molar-refractivity contribution in [3.05, 3.63) is 41.2 Å². The van der Waals surface area contributed by atoms with Crippen LogP contribution in [0.4, 0.5) is 4.39 Å². The van der Waals surface area contributed by atoms with E-state index < -0.39 is 5.97 Å². The second kappa shape index (κ2) is 7.36.